The monoisotopic (exact) mass is 302 g/mol. The summed E-state index contributed by atoms with van der Waals surface area (Å²) in [5, 5.41) is 0. The van der Waals surface area contributed by atoms with Gasteiger partial charge in [-0.25, -0.2) is 19.6 Å². The largest absolute Gasteiger partial charge is 0.234 e. The van der Waals surface area contributed by atoms with Gasteiger partial charge in [-0.05, 0) is 80.5 Å². The molecule has 3 aliphatic carbocycles. The van der Waals surface area contributed by atoms with Crippen LogP contribution in [-0.2, 0) is 9.59 Å². The lowest BCUT2D eigenvalue weighted by Crippen LogP contribution is -2.41. The highest BCUT2D eigenvalue weighted by Crippen LogP contribution is 2.75. The van der Waals surface area contributed by atoms with Crippen LogP contribution in [0.1, 0.15) is 64.2 Å². The van der Waals surface area contributed by atoms with Gasteiger partial charge in [-0.3, -0.25) is 0 Å². The normalized spacial score (nSPS) is 38.4. The van der Waals surface area contributed by atoms with Crippen molar-refractivity contribution >= 4 is 12.2 Å². The number of hydrogen-bond donors (Lipinski definition) is 0. The molecule has 3 aliphatic rings. The van der Waals surface area contributed by atoms with Gasteiger partial charge in [-0.1, -0.05) is 6.42 Å². The third-order valence-corrected chi connectivity index (χ3v) is 7.07. The molecular formula is C18H26N2O2. The summed E-state index contributed by atoms with van der Waals surface area (Å²) in [5.74, 6) is 1.82. The highest BCUT2D eigenvalue weighted by atomic mass is 16.1. The predicted molar refractivity (Wildman–Crippen MR) is 84.0 cm³/mol. The summed E-state index contributed by atoms with van der Waals surface area (Å²) in [6, 6.07) is 0. The van der Waals surface area contributed by atoms with Crippen LogP contribution < -0.4 is 0 Å². The average molecular weight is 302 g/mol. The quantitative estimate of drug-likeness (QED) is 0.389. The van der Waals surface area contributed by atoms with Gasteiger partial charge in [-0.15, -0.1) is 0 Å². The van der Waals surface area contributed by atoms with E-state index in [2.05, 4.69) is 9.98 Å². The summed E-state index contributed by atoms with van der Waals surface area (Å²) in [7, 11) is 0. The van der Waals surface area contributed by atoms with Crippen LogP contribution in [-0.4, -0.2) is 25.2 Å². The summed E-state index contributed by atoms with van der Waals surface area (Å²) < 4.78 is 0. The van der Waals surface area contributed by atoms with Crippen LogP contribution >= 0.6 is 0 Å². The molecule has 0 aromatic heterocycles. The number of aliphatic imine (C=N–C) groups is 2. The van der Waals surface area contributed by atoms with Crippen LogP contribution in [0.15, 0.2) is 9.98 Å². The van der Waals surface area contributed by atoms with Crippen molar-refractivity contribution < 1.29 is 9.59 Å². The first-order chi connectivity index (χ1) is 10.8. The Labute approximate surface area is 132 Å². The number of rotatable bonds is 8. The second-order valence-electron chi connectivity index (χ2n) is 7.59. The van der Waals surface area contributed by atoms with E-state index in [1.165, 1.54) is 51.4 Å². The fraction of sp³-hybridized carbons (Fsp3) is 0.889. The maximum absolute atomic E-state index is 10.3. The lowest BCUT2D eigenvalue weighted by Gasteiger charge is -2.49. The Morgan fingerprint density at radius 2 is 1.68 bits per heavy atom. The van der Waals surface area contributed by atoms with Crippen LogP contribution in [0.25, 0.3) is 0 Å². The Morgan fingerprint density at radius 1 is 0.955 bits per heavy atom. The van der Waals surface area contributed by atoms with Gasteiger partial charge >= 0.3 is 0 Å². The van der Waals surface area contributed by atoms with E-state index in [4.69, 9.17) is 0 Å². The van der Waals surface area contributed by atoms with Crippen LogP contribution in [0.2, 0.25) is 0 Å². The maximum atomic E-state index is 10.3. The summed E-state index contributed by atoms with van der Waals surface area (Å²) in [6.45, 7) is 1.26. The van der Waals surface area contributed by atoms with Gasteiger partial charge in [0.2, 0.25) is 12.2 Å². The van der Waals surface area contributed by atoms with E-state index in [0.29, 0.717) is 23.9 Å². The molecule has 0 aromatic rings. The molecular weight excluding hydrogens is 276 g/mol. The van der Waals surface area contributed by atoms with Gasteiger partial charge in [-0.2, -0.15) is 0 Å². The molecule has 0 amide bonds. The van der Waals surface area contributed by atoms with Crippen molar-refractivity contribution in [2.75, 3.05) is 13.1 Å². The van der Waals surface area contributed by atoms with Gasteiger partial charge < -0.3 is 0 Å². The Hall–Kier alpha value is -1.24. The molecule has 0 spiro atoms. The number of hydrogen-bond acceptors (Lipinski definition) is 4. The van der Waals surface area contributed by atoms with Crippen molar-refractivity contribution in [3.8, 4) is 0 Å². The van der Waals surface area contributed by atoms with E-state index in [0.717, 1.165) is 24.7 Å². The maximum Gasteiger partial charge on any atom is 0.234 e. The van der Waals surface area contributed by atoms with Gasteiger partial charge in [0.05, 0.1) is 13.1 Å². The Bertz CT molecular complexity index is 507. The van der Waals surface area contributed by atoms with Crippen molar-refractivity contribution in [2.45, 2.75) is 64.2 Å². The first-order valence-corrected chi connectivity index (χ1v) is 8.85. The minimum Gasteiger partial charge on any atom is -0.211 e. The molecule has 3 saturated carbocycles. The van der Waals surface area contributed by atoms with E-state index in [1.54, 1.807) is 12.2 Å². The lowest BCUT2D eigenvalue weighted by molar-refractivity contribution is 0.00377. The Kier molecular flexibility index (Phi) is 4.61. The molecule has 0 N–H and O–H groups in total. The van der Waals surface area contributed by atoms with Crippen molar-refractivity contribution in [1.82, 2.24) is 0 Å². The van der Waals surface area contributed by atoms with Gasteiger partial charge in [0.1, 0.15) is 0 Å². The van der Waals surface area contributed by atoms with E-state index < -0.39 is 0 Å². The summed E-state index contributed by atoms with van der Waals surface area (Å²) >= 11 is 0. The van der Waals surface area contributed by atoms with E-state index in [1.807, 2.05) is 0 Å². The third-order valence-electron chi connectivity index (χ3n) is 7.07. The summed E-state index contributed by atoms with van der Waals surface area (Å²) in [6.07, 6.45) is 16.1. The molecule has 4 nitrogen and oxygen atoms in total. The molecule has 4 heteroatoms. The number of carbonyl (C=O) groups excluding carboxylic acids is 2. The number of isocyanates is 2. The lowest BCUT2D eigenvalue weighted by atomic mass is 9.56. The van der Waals surface area contributed by atoms with Gasteiger partial charge in [0, 0.05) is 0 Å². The first-order valence-electron chi connectivity index (χ1n) is 8.85. The van der Waals surface area contributed by atoms with Crippen LogP contribution in [0.5, 0.6) is 0 Å². The van der Waals surface area contributed by atoms with Gasteiger partial charge in [0.25, 0.3) is 0 Å². The third kappa shape index (κ3) is 2.39. The summed E-state index contributed by atoms with van der Waals surface area (Å²) in [5.41, 5.74) is 0.960. The topological polar surface area (TPSA) is 58.9 Å². The standard InChI is InChI=1S/C18H26N2O2/c21-13-19-10-2-6-17-9-5-15(12-17)16-4-1-7-18(16,17)8-3-11-20-14-22/h15-16H,1-12H2. The second-order valence-corrected chi connectivity index (χ2v) is 7.59. The van der Waals surface area contributed by atoms with Crippen molar-refractivity contribution in [3.05, 3.63) is 0 Å². The second kappa shape index (κ2) is 6.48. The number of fused-ring (bicyclic) bond motifs is 5. The van der Waals surface area contributed by atoms with Crippen LogP contribution in [0.3, 0.4) is 0 Å². The average Bonchev–Trinajstić information content (AvgIpc) is 3.19. The highest BCUT2D eigenvalue weighted by molar-refractivity contribution is 5.33. The molecule has 0 saturated heterocycles. The molecule has 3 fully saturated rings. The van der Waals surface area contributed by atoms with E-state index >= 15 is 0 Å². The molecule has 0 heterocycles. The zero-order valence-electron chi connectivity index (χ0n) is 13.4. The molecule has 3 rings (SSSR count). The molecule has 4 atom stereocenters. The van der Waals surface area contributed by atoms with Crippen molar-refractivity contribution in [3.63, 3.8) is 0 Å². The molecule has 0 aromatic carbocycles. The van der Waals surface area contributed by atoms with Crippen LogP contribution in [0.4, 0.5) is 0 Å². The van der Waals surface area contributed by atoms with Crippen molar-refractivity contribution in [1.29, 1.82) is 0 Å². The fourth-order valence-electron chi connectivity index (χ4n) is 6.52. The SMILES string of the molecule is O=C=NCCCC12CCC(C1)C1CCCC12CCCN=C=O. The minimum absolute atomic E-state index is 0.474. The van der Waals surface area contributed by atoms with E-state index in [9.17, 15) is 9.59 Å². The zero-order chi connectivity index (χ0) is 15.5. The summed E-state index contributed by atoms with van der Waals surface area (Å²) in [4.78, 5) is 28.1. The Balaban J connectivity index is 1.73. The smallest absolute Gasteiger partial charge is 0.211 e. The minimum atomic E-state index is 0.474. The molecule has 0 aliphatic heterocycles. The fourth-order valence-corrected chi connectivity index (χ4v) is 6.52. The van der Waals surface area contributed by atoms with Crippen LogP contribution in [0, 0.1) is 22.7 Å². The Morgan fingerprint density at radius 3 is 2.41 bits per heavy atom. The van der Waals surface area contributed by atoms with Gasteiger partial charge in [0.15, 0.2) is 0 Å². The molecule has 2 bridgehead atoms. The number of nitrogens with zero attached hydrogens (tertiary/aromatic N) is 2. The molecule has 120 valence electrons. The first kappa shape index (κ1) is 15.6. The van der Waals surface area contributed by atoms with E-state index in [-0.39, 0.29) is 0 Å². The molecule has 22 heavy (non-hydrogen) atoms. The molecule has 0 radical (unpaired) electrons. The molecule has 4 unspecified atom stereocenters. The van der Waals surface area contributed by atoms with Crippen molar-refractivity contribution in [2.24, 2.45) is 32.7 Å². The predicted octanol–water partition coefficient (Wildman–Crippen LogP) is 3.81. The highest BCUT2D eigenvalue weighted by Gasteiger charge is 2.66. The zero-order valence-corrected chi connectivity index (χ0v) is 13.4.